The first-order chi connectivity index (χ1) is 14.5. The van der Waals surface area contributed by atoms with Gasteiger partial charge < -0.3 is 15.1 Å². The molecule has 2 amide bonds. The van der Waals surface area contributed by atoms with Crippen molar-refractivity contribution in [2.45, 2.75) is 58.2 Å². The van der Waals surface area contributed by atoms with Crippen molar-refractivity contribution in [3.05, 3.63) is 51.3 Å². The molecule has 1 aliphatic carbocycles. The Balaban J connectivity index is 1.34. The van der Waals surface area contributed by atoms with E-state index in [1.807, 2.05) is 0 Å². The number of aryl methyl sites for hydroxylation is 3. The molecule has 0 aromatic carbocycles. The van der Waals surface area contributed by atoms with E-state index in [1.54, 1.807) is 30.4 Å². The summed E-state index contributed by atoms with van der Waals surface area (Å²) in [6.45, 7) is 2.10. The molecule has 9 heteroatoms. The van der Waals surface area contributed by atoms with Gasteiger partial charge in [0.1, 0.15) is 16.6 Å². The number of nitrogens with one attached hydrogen (secondary N) is 2. The summed E-state index contributed by atoms with van der Waals surface area (Å²) in [6, 6.07) is 2.82. The number of nitrogens with zero attached hydrogens (tertiary/aromatic N) is 2. The number of fused-ring (bicyclic) bond motifs is 3. The Bertz CT molecular complexity index is 1120. The van der Waals surface area contributed by atoms with Gasteiger partial charge in [-0.2, -0.15) is 0 Å². The molecule has 4 rings (SSSR count). The van der Waals surface area contributed by atoms with Gasteiger partial charge in [0.15, 0.2) is 0 Å². The van der Waals surface area contributed by atoms with Gasteiger partial charge in [0.2, 0.25) is 11.8 Å². The van der Waals surface area contributed by atoms with E-state index >= 15 is 0 Å². The van der Waals surface area contributed by atoms with E-state index < -0.39 is 6.04 Å². The highest BCUT2D eigenvalue weighted by Gasteiger charge is 2.20. The lowest BCUT2D eigenvalue weighted by Gasteiger charge is -2.14. The standard InChI is InChI=1S/C21H24N4O4S/c1-13(19(27)22-11-14-5-4-10-29-14)24-17(26)8-9-25-12-23-20-18(21(25)28)15-6-2-3-7-16(15)30-20/h4-5,10,12-13H,2-3,6-9,11H2,1H3,(H,22,27)(H,24,26). The highest BCUT2D eigenvalue weighted by Crippen LogP contribution is 2.33. The van der Waals surface area contributed by atoms with Gasteiger partial charge in [-0.3, -0.25) is 19.0 Å². The quantitative estimate of drug-likeness (QED) is 0.600. The molecule has 0 fully saturated rings. The number of carbonyl (C=O) groups excluding carboxylic acids is 2. The fourth-order valence-electron chi connectivity index (χ4n) is 3.68. The van der Waals surface area contributed by atoms with E-state index in [4.69, 9.17) is 4.42 Å². The molecule has 3 aromatic heterocycles. The Labute approximate surface area is 177 Å². The van der Waals surface area contributed by atoms with E-state index in [0.717, 1.165) is 36.1 Å². The minimum atomic E-state index is -0.686. The van der Waals surface area contributed by atoms with Crippen LogP contribution in [0.4, 0.5) is 0 Å². The second-order valence-corrected chi connectivity index (χ2v) is 8.55. The Morgan fingerprint density at radius 2 is 2.17 bits per heavy atom. The Morgan fingerprint density at radius 1 is 1.33 bits per heavy atom. The first-order valence-electron chi connectivity index (χ1n) is 10.1. The number of aromatic nitrogens is 2. The lowest BCUT2D eigenvalue weighted by molar-refractivity contribution is -0.128. The van der Waals surface area contributed by atoms with Crippen molar-refractivity contribution in [1.82, 2.24) is 20.2 Å². The number of amides is 2. The van der Waals surface area contributed by atoms with Gasteiger partial charge in [0, 0.05) is 17.8 Å². The minimum absolute atomic E-state index is 0.0866. The predicted octanol–water partition coefficient (Wildman–Crippen LogP) is 2.14. The van der Waals surface area contributed by atoms with E-state index in [0.29, 0.717) is 11.1 Å². The molecule has 1 atom stereocenters. The summed E-state index contributed by atoms with van der Waals surface area (Å²) in [5.41, 5.74) is 1.05. The van der Waals surface area contributed by atoms with Crippen LogP contribution in [0.25, 0.3) is 10.2 Å². The zero-order valence-electron chi connectivity index (χ0n) is 16.8. The van der Waals surface area contributed by atoms with Crippen LogP contribution in [0.1, 0.15) is 42.4 Å². The van der Waals surface area contributed by atoms with Gasteiger partial charge in [-0.05, 0) is 50.3 Å². The van der Waals surface area contributed by atoms with Gasteiger partial charge in [-0.15, -0.1) is 11.3 Å². The van der Waals surface area contributed by atoms with Crippen LogP contribution in [0.5, 0.6) is 0 Å². The lowest BCUT2D eigenvalue weighted by atomic mass is 9.97. The van der Waals surface area contributed by atoms with Gasteiger partial charge in [-0.25, -0.2) is 4.98 Å². The van der Waals surface area contributed by atoms with Crippen LogP contribution in [0.15, 0.2) is 33.9 Å². The van der Waals surface area contributed by atoms with Crippen LogP contribution in [-0.2, 0) is 35.5 Å². The molecule has 158 valence electrons. The smallest absolute Gasteiger partial charge is 0.262 e. The van der Waals surface area contributed by atoms with Crippen molar-refractivity contribution < 1.29 is 14.0 Å². The topological polar surface area (TPSA) is 106 Å². The maximum Gasteiger partial charge on any atom is 0.262 e. The molecular formula is C21H24N4O4S. The average molecular weight is 429 g/mol. The summed E-state index contributed by atoms with van der Waals surface area (Å²) >= 11 is 1.61. The summed E-state index contributed by atoms with van der Waals surface area (Å²) in [4.78, 5) is 43.8. The first kappa shape index (κ1) is 20.3. The number of hydrogen-bond acceptors (Lipinski definition) is 6. The third-order valence-electron chi connectivity index (χ3n) is 5.31. The molecule has 0 spiro atoms. The molecule has 1 aliphatic rings. The summed E-state index contributed by atoms with van der Waals surface area (Å²) in [7, 11) is 0. The van der Waals surface area contributed by atoms with E-state index in [1.165, 1.54) is 22.0 Å². The summed E-state index contributed by atoms with van der Waals surface area (Å²) in [5, 5.41) is 6.09. The Morgan fingerprint density at radius 3 is 2.97 bits per heavy atom. The van der Waals surface area contributed by atoms with Crippen LogP contribution >= 0.6 is 11.3 Å². The second kappa shape index (κ2) is 8.83. The zero-order valence-corrected chi connectivity index (χ0v) is 17.6. The third kappa shape index (κ3) is 4.30. The highest BCUT2D eigenvalue weighted by atomic mass is 32.1. The molecule has 1 unspecified atom stereocenters. The molecule has 0 saturated carbocycles. The largest absolute Gasteiger partial charge is 0.467 e. The average Bonchev–Trinajstić information content (AvgIpc) is 3.39. The highest BCUT2D eigenvalue weighted by molar-refractivity contribution is 7.18. The van der Waals surface area contributed by atoms with Crippen molar-refractivity contribution in [2.24, 2.45) is 0 Å². The van der Waals surface area contributed by atoms with Crippen LogP contribution in [0.3, 0.4) is 0 Å². The predicted molar refractivity (Wildman–Crippen MR) is 113 cm³/mol. The van der Waals surface area contributed by atoms with Gasteiger partial charge in [-0.1, -0.05) is 0 Å². The van der Waals surface area contributed by atoms with Crippen molar-refractivity contribution in [3.63, 3.8) is 0 Å². The van der Waals surface area contributed by atoms with E-state index in [2.05, 4.69) is 15.6 Å². The number of rotatable bonds is 7. The van der Waals surface area contributed by atoms with Crippen molar-refractivity contribution in [1.29, 1.82) is 0 Å². The number of thiophene rings is 1. The van der Waals surface area contributed by atoms with Crippen LogP contribution in [0, 0.1) is 0 Å². The monoisotopic (exact) mass is 428 g/mol. The van der Waals surface area contributed by atoms with E-state index in [9.17, 15) is 14.4 Å². The van der Waals surface area contributed by atoms with Crippen molar-refractivity contribution in [3.8, 4) is 0 Å². The summed E-state index contributed by atoms with van der Waals surface area (Å²) in [6.07, 6.45) is 7.32. The molecule has 0 saturated heterocycles. The SMILES string of the molecule is CC(NC(=O)CCn1cnc2sc3c(c2c1=O)CCCC3)C(=O)NCc1ccco1. The first-order valence-corrected chi connectivity index (χ1v) is 10.9. The summed E-state index contributed by atoms with van der Waals surface area (Å²) < 4.78 is 6.65. The molecule has 0 radical (unpaired) electrons. The summed E-state index contributed by atoms with van der Waals surface area (Å²) in [5.74, 6) is 0.0414. The molecule has 3 aromatic rings. The fourth-order valence-corrected chi connectivity index (χ4v) is 4.90. The normalized spacial score (nSPS) is 14.3. The lowest BCUT2D eigenvalue weighted by Crippen LogP contribution is -2.44. The molecular weight excluding hydrogens is 404 g/mol. The molecule has 30 heavy (non-hydrogen) atoms. The second-order valence-electron chi connectivity index (χ2n) is 7.47. The number of hydrogen-bond donors (Lipinski definition) is 2. The fraction of sp³-hybridized carbons (Fsp3) is 0.429. The van der Waals surface area contributed by atoms with Gasteiger partial charge in [0.25, 0.3) is 5.56 Å². The zero-order chi connectivity index (χ0) is 21.1. The van der Waals surface area contributed by atoms with Crippen molar-refractivity contribution in [2.75, 3.05) is 0 Å². The molecule has 3 heterocycles. The van der Waals surface area contributed by atoms with Crippen LogP contribution < -0.4 is 16.2 Å². The molecule has 0 aliphatic heterocycles. The maximum absolute atomic E-state index is 12.9. The van der Waals surface area contributed by atoms with Crippen LogP contribution in [0.2, 0.25) is 0 Å². The number of furan rings is 1. The molecule has 2 N–H and O–H groups in total. The number of carbonyl (C=O) groups is 2. The van der Waals surface area contributed by atoms with Crippen LogP contribution in [-0.4, -0.2) is 27.4 Å². The molecule has 8 nitrogen and oxygen atoms in total. The van der Waals surface area contributed by atoms with Crippen molar-refractivity contribution >= 4 is 33.4 Å². The third-order valence-corrected chi connectivity index (χ3v) is 6.51. The Kier molecular flexibility index (Phi) is 5.98. The van der Waals surface area contributed by atoms with Gasteiger partial charge >= 0.3 is 0 Å². The van der Waals surface area contributed by atoms with Gasteiger partial charge in [0.05, 0.1) is 24.5 Å². The minimum Gasteiger partial charge on any atom is -0.467 e. The molecule has 0 bridgehead atoms. The Hall–Kier alpha value is -2.94. The maximum atomic E-state index is 12.9. The van der Waals surface area contributed by atoms with E-state index in [-0.39, 0.29) is 36.9 Å².